The molecule has 5 nitrogen and oxygen atoms in total. The van der Waals surface area contributed by atoms with Crippen LogP contribution in [0.4, 0.5) is 17.6 Å². The number of alkyl halides is 4. The summed E-state index contributed by atoms with van der Waals surface area (Å²) in [5.74, 6) is 0. The summed E-state index contributed by atoms with van der Waals surface area (Å²) in [7, 11) is -8.90. The SMILES string of the molecule is O=S(=O)(O)C(F)(F)C(F)(F)S(=O)(=O)Cl. The highest BCUT2D eigenvalue weighted by Gasteiger charge is 2.73. The molecule has 0 saturated carbocycles. The topological polar surface area (TPSA) is 88.5 Å². The van der Waals surface area contributed by atoms with Gasteiger partial charge in [0.2, 0.25) is 0 Å². The van der Waals surface area contributed by atoms with Crippen molar-refractivity contribution in [3.63, 3.8) is 0 Å². The molecular formula is C2HClF4O5S2. The van der Waals surface area contributed by atoms with Gasteiger partial charge in [-0.25, -0.2) is 8.42 Å². The molecule has 86 valence electrons. The van der Waals surface area contributed by atoms with Crippen molar-refractivity contribution < 1.29 is 39.0 Å². The van der Waals surface area contributed by atoms with Crippen molar-refractivity contribution in [3.05, 3.63) is 0 Å². The van der Waals surface area contributed by atoms with Crippen LogP contribution in [-0.4, -0.2) is 31.9 Å². The van der Waals surface area contributed by atoms with E-state index in [9.17, 15) is 34.4 Å². The summed E-state index contributed by atoms with van der Waals surface area (Å²) in [6.45, 7) is 0. The second kappa shape index (κ2) is 3.18. The average Bonchev–Trinajstić information content (AvgIpc) is 1.81. The van der Waals surface area contributed by atoms with Crippen LogP contribution in [0.2, 0.25) is 0 Å². The number of hydrogen-bond acceptors (Lipinski definition) is 4. The summed E-state index contributed by atoms with van der Waals surface area (Å²) in [4.78, 5) is 0. The Balaban J connectivity index is 5.79. The quantitative estimate of drug-likeness (QED) is 0.465. The molecule has 0 radical (unpaired) electrons. The van der Waals surface area contributed by atoms with E-state index in [1.165, 1.54) is 0 Å². The minimum Gasteiger partial charge on any atom is -0.281 e. The zero-order valence-electron chi connectivity index (χ0n) is 5.79. The van der Waals surface area contributed by atoms with Crippen molar-refractivity contribution in [2.75, 3.05) is 0 Å². The molecular weight excluding hydrogens is 280 g/mol. The third kappa shape index (κ3) is 1.94. The number of hydrogen-bond donors (Lipinski definition) is 1. The Bertz CT molecular complexity index is 381. The van der Waals surface area contributed by atoms with Crippen LogP contribution in [0.1, 0.15) is 0 Å². The van der Waals surface area contributed by atoms with Crippen LogP contribution in [0, 0.1) is 0 Å². The van der Waals surface area contributed by atoms with Crippen LogP contribution >= 0.6 is 10.7 Å². The van der Waals surface area contributed by atoms with Crippen molar-refractivity contribution in [2.24, 2.45) is 0 Å². The van der Waals surface area contributed by atoms with Crippen molar-refractivity contribution in [3.8, 4) is 0 Å². The molecule has 0 rings (SSSR count). The fraction of sp³-hybridized carbons (Fsp3) is 1.00. The molecule has 0 unspecified atom stereocenters. The van der Waals surface area contributed by atoms with E-state index in [-0.39, 0.29) is 0 Å². The van der Waals surface area contributed by atoms with Crippen LogP contribution in [0.15, 0.2) is 0 Å². The van der Waals surface area contributed by atoms with Gasteiger partial charge in [-0.1, -0.05) is 0 Å². The van der Waals surface area contributed by atoms with E-state index < -0.39 is 29.7 Å². The first-order valence-corrected chi connectivity index (χ1v) is 6.17. The molecule has 0 aliphatic heterocycles. The highest BCUT2D eigenvalue weighted by atomic mass is 35.7. The summed E-state index contributed by atoms with van der Waals surface area (Å²) < 4.78 is 95.7. The van der Waals surface area contributed by atoms with E-state index in [0.29, 0.717) is 0 Å². The second-order valence-electron chi connectivity index (χ2n) is 1.95. The monoisotopic (exact) mass is 280 g/mol. The van der Waals surface area contributed by atoms with Crippen molar-refractivity contribution in [1.82, 2.24) is 0 Å². The maximum absolute atomic E-state index is 12.2. The van der Waals surface area contributed by atoms with Crippen molar-refractivity contribution >= 4 is 29.9 Å². The Hall–Kier alpha value is -0.130. The van der Waals surface area contributed by atoms with Gasteiger partial charge in [0.25, 0.3) is 0 Å². The predicted octanol–water partition coefficient (Wildman–Crippen LogP) is 0.628. The fourth-order valence-corrected chi connectivity index (χ4v) is 1.95. The molecule has 0 fully saturated rings. The molecule has 0 aliphatic carbocycles. The maximum atomic E-state index is 12.2. The van der Waals surface area contributed by atoms with E-state index >= 15 is 0 Å². The largest absolute Gasteiger partial charge is 0.448 e. The fourth-order valence-electron chi connectivity index (χ4n) is 0.292. The average molecular weight is 281 g/mol. The van der Waals surface area contributed by atoms with E-state index in [0.717, 1.165) is 0 Å². The molecule has 0 spiro atoms. The molecule has 0 bridgehead atoms. The Labute approximate surface area is 79.8 Å². The first-order chi connectivity index (χ1) is 5.75. The van der Waals surface area contributed by atoms with Gasteiger partial charge in [0.05, 0.1) is 0 Å². The van der Waals surface area contributed by atoms with Crippen molar-refractivity contribution in [2.45, 2.75) is 10.5 Å². The van der Waals surface area contributed by atoms with Crippen molar-refractivity contribution in [1.29, 1.82) is 0 Å². The Morgan fingerprint density at radius 3 is 1.29 bits per heavy atom. The number of rotatable bonds is 3. The van der Waals surface area contributed by atoms with Gasteiger partial charge in [-0.05, 0) is 0 Å². The summed E-state index contributed by atoms with van der Waals surface area (Å²) in [6.07, 6.45) is 0. The van der Waals surface area contributed by atoms with Gasteiger partial charge in [-0.2, -0.15) is 26.0 Å². The molecule has 0 heterocycles. The lowest BCUT2D eigenvalue weighted by atomic mass is 10.7. The maximum Gasteiger partial charge on any atom is 0.448 e. The van der Waals surface area contributed by atoms with E-state index in [1.54, 1.807) is 0 Å². The van der Waals surface area contributed by atoms with E-state index in [1.807, 2.05) is 0 Å². The smallest absolute Gasteiger partial charge is 0.281 e. The van der Waals surface area contributed by atoms with Crippen LogP contribution < -0.4 is 0 Å². The molecule has 0 aromatic heterocycles. The Kier molecular flexibility index (Phi) is 3.15. The highest BCUT2D eigenvalue weighted by Crippen LogP contribution is 2.43. The summed E-state index contributed by atoms with van der Waals surface area (Å²) in [6, 6.07) is 0. The van der Waals surface area contributed by atoms with Gasteiger partial charge < -0.3 is 0 Å². The van der Waals surface area contributed by atoms with Gasteiger partial charge in [-0.15, -0.1) is 0 Å². The van der Waals surface area contributed by atoms with E-state index in [4.69, 9.17) is 4.55 Å². The molecule has 0 aliphatic rings. The molecule has 0 atom stereocenters. The summed E-state index contributed by atoms with van der Waals surface area (Å²) in [5.41, 5.74) is 0. The highest BCUT2D eigenvalue weighted by molar-refractivity contribution is 8.15. The van der Waals surface area contributed by atoms with Crippen LogP contribution in [0.5, 0.6) is 0 Å². The normalized spacial score (nSPS) is 15.6. The lowest BCUT2D eigenvalue weighted by Gasteiger charge is -2.20. The molecule has 1 N–H and O–H groups in total. The zero-order valence-corrected chi connectivity index (χ0v) is 8.18. The standard InChI is InChI=1S/C2HClF4O5S2/c3-13(8,9)1(4,5)2(6,7)14(10,11)12/h(H,10,11,12). The zero-order chi connectivity index (χ0) is 12.0. The van der Waals surface area contributed by atoms with Gasteiger partial charge in [0.15, 0.2) is 0 Å². The first-order valence-electron chi connectivity index (χ1n) is 2.42. The molecule has 0 saturated heterocycles. The second-order valence-corrected chi connectivity index (χ2v) is 6.02. The third-order valence-electron chi connectivity index (χ3n) is 0.969. The summed E-state index contributed by atoms with van der Waals surface area (Å²) >= 11 is 0. The third-order valence-corrected chi connectivity index (χ3v) is 3.45. The minimum atomic E-state index is -6.59. The van der Waals surface area contributed by atoms with Crippen LogP contribution in [-0.2, 0) is 19.2 Å². The lowest BCUT2D eigenvalue weighted by molar-refractivity contribution is -0.0996. The molecule has 12 heteroatoms. The molecule has 0 aromatic rings. The van der Waals surface area contributed by atoms with E-state index in [2.05, 4.69) is 10.7 Å². The van der Waals surface area contributed by atoms with Crippen LogP contribution in [0.3, 0.4) is 0 Å². The van der Waals surface area contributed by atoms with Gasteiger partial charge in [-0.3, -0.25) is 4.55 Å². The predicted molar refractivity (Wildman–Crippen MR) is 36.2 cm³/mol. The molecule has 0 amide bonds. The van der Waals surface area contributed by atoms with Crippen LogP contribution in [0.25, 0.3) is 0 Å². The minimum absolute atomic E-state index is 3.88. The Morgan fingerprint density at radius 2 is 1.21 bits per heavy atom. The van der Waals surface area contributed by atoms with Gasteiger partial charge >= 0.3 is 29.7 Å². The summed E-state index contributed by atoms with van der Waals surface area (Å²) in [5, 5.41) is -12.3. The molecule has 0 aromatic carbocycles. The van der Waals surface area contributed by atoms with Gasteiger partial charge in [0.1, 0.15) is 0 Å². The number of halogens is 5. The lowest BCUT2D eigenvalue weighted by Crippen LogP contribution is -2.50. The first kappa shape index (κ1) is 13.9. The van der Waals surface area contributed by atoms with Gasteiger partial charge in [0, 0.05) is 10.7 Å². The Morgan fingerprint density at radius 1 is 0.929 bits per heavy atom. The molecule has 14 heavy (non-hydrogen) atoms.